The van der Waals surface area contributed by atoms with Crippen molar-refractivity contribution >= 4 is 11.8 Å². The summed E-state index contributed by atoms with van der Waals surface area (Å²) in [6, 6.07) is 6.94. The average Bonchev–Trinajstić information content (AvgIpc) is 2.78. The Kier molecular flexibility index (Phi) is 3.71. The molecule has 0 atom stereocenters. The van der Waals surface area contributed by atoms with Gasteiger partial charge in [0.05, 0.1) is 12.1 Å². The molecule has 0 amide bonds. The highest BCUT2D eigenvalue weighted by Crippen LogP contribution is 2.17. The molecule has 0 radical (unpaired) electrons. The van der Waals surface area contributed by atoms with Crippen LogP contribution in [0.5, 0.6) is 0 Å². The van der Waals surface area contributed by atoms with Gasteiger partial charge in [0.1, 0.15) is 29.0 Å². The summed E-state index contributed by atoms with van der Waals surface area (Å²) < 4.78 is 5.35. The van der Waals surface area contributed by atoms with Gasteiger partial charge in [-0.05, 0) is 32.0 Å². The van der Waals surface area contributed by atoms with Gasteiger partial charge in [-0.3, -0.25) is 0 Å². The van der Waals surface area contributed by atoms with Crippen LogP contribution in [0.2, 0.25) is 0 Å². The van der Waals surface area contributed by atoms with Crippen molar-refractivity contribution in [3.8, 4) is 6.07 Å². The predicted molar refractivity (Wildman–Crippen MR) is 71.4 cm³/mol. The van der Waals surface area contributed by atoms with Crippen molar-refractivity contribution in [3.63, 3.8) is 0 Å². The van der Waals surface area contributed by atoms with Crippen LogP contribution < -0.4 is 5.32 Å². The van der Waals surface area contributed by atoms with E-state index >= 15 is 0 Å². The summed E-state index contributed by atoms with van der Waals surface area (Å²) in [6.07, 6.45) is 0. The minimum atomic E-state index is -1.02. The van der Waals surface area contributed by atoms with Gasteiger partial charge in [-0.25, -0.2) is 9.78 Å². The first-order valence-corrected chi connectivity index (χ1v) is 5.95. The lowest BCUT2D eigenvalue weighted by molar-refractivity contribution is 0.0695. The molecule has 2 aromatic heterocycles. The summed E-state index contributed by atoms with van der Waals surface area (Å²) in [7, 11) is 0. The van der Waals surface area contributed by atoms with E-state index < -0.39 is 5.97 Å². The number of nitrogens with zero attached hydrogens (tertiary/aromatic N) is 2. The monoisotopic (exact) mass is 271 g/mol. The van der Waals surface area contributed by atoms with Crippen LogP contribution >= 0.6 is 0 Å². The van der Waals surface area contributed by atoms with E-state index in [1.54, 1.807) is 19.1 Å². The largest absolute Gasteiger partial charge is 0.478 e. The highest BCUT2D eigenvalue weighted by molar-refractivity contribution is 5.88. The molecule has 6 nitrogen and oxygen atoms in total. The summed E-state index contributed by atoms with van der Waals surface area (Å²) >= 11 is 0. The van der Waals surface area contributed by atoms with E-state index in [9.17, 15) is 4.79 Å². The number of furan rings is 1. The van der Waals surface area contributed by atoms with E-state index in [1.165, 1.54) is 6.07 Å². The van der Waals surface area contributed by atoms with Gasteiger partial charge in [-0.1, -0.05) is 0 Å². The van der Waals surface area contributed by atoms with Crippen LogP contribution in [0.4, 0.5) is 5.82 Å². The van der Waals surface area contributed by atoms with Crippen LogP contribution in [0.15, 0.2) is 22.6 Å². The number of aromatic carboxylic acids is 1. The van der Waals surface area contributed by atoms with Gasteiger partial charge in [-0.2, -0.15) is 5.26 Å². The first-order chi connectivity index (χ1) is 9.51. The Hall–Kier alpha value is -2.81. The van der Waals surface area contributed by atoms with Crippen LogP contribution in [-0.4, -0.2) is 16.1 Å². The van der Waals surface area contributed by atoms with Crippen molar-refractivity contribution in [2.75, 3.05) is 5.32 Å². The number of pyridine rings is 1. The fourth-order valence-electron chi connectivity index (χ4n) is 1.80. The molecular formula is C14H13N3O3. The number of aryl methyl sites for hydroxylation is 2. The van der Waals surface area contributed by atoms with Crippen molar-refractivity contribution in [3.05, 3.63) is 46.5 Å². The fourth-order valence-corrected chi connectivity index (χ4v) is 1.80. The Morgan fingerprint density at radius 1 is 1.50 bits per heavy atom. The van der Waals surface area contributed by atoms with Crippen LogP contribution in [-0.2, 0) is 6.54 Å². The summed E-state index contributed by atoms with van der Waals surface area (Å²) in [4.78, 5) is 15.2. The molecule has 0 aliphatic rings. The fraction of sp³-hybridized carbons (Fsp3) is 0.214. The lowest BCUT2D eigenvalue weighted by Gasteiger charge is -2.06. The topological polar surface area (TPSA) is 99.2 Å². The molecule has 0 saturated heterocycles. The van der Waals surface area contributed by atoms with Crippen LogP contribution in [0.3, 0.4) is 0 Å². The Balaban J connectivity index is 2.17. The number of anilines is 1. The molecule has 0 spiro atoms. The van der Waals surface area contributed by atoms with E-state index in [-0.39, 0.29) is 12.1 Å². The molecule has 2 heterocycles. The van der Waals surface area contributed by atoms with E-state index in [2.05, 4.69) is 10.3 Å². The summed E-state index contributed by atoms with van der Waals surface area (Å²) in [5, 5.41) is 20.9. The molecule has 0 aliphatic carbocycles. The van der Waals surface area contributed by atoms with Gasteiger partial charge >= 0.3 is 5.97 Å². The molecule has 0 fully saturated rings. The summed E-state index contributed by atoms with van der Waals surface area (Å²) in [6.45, 7) is 3.68. The van der Waals surface area contributed by atoms with Gasteiger partial charge in [0.25, 0.3) is 0 Å². The maximum absolute atomic E-state index is 10.9. The number of hydrogen-bond acceptors (Lipinski definition) is 5. The lowest BCUT2D eigenvalue weighted by atomic mass is 10.2. The number of hydrogen-bond donors (Lipinski definition) is 2. The number of nitrogens with one attached hydrogen (secondary N) is 1. The van der Waals surface area contributed by atoms with E-state index in [4.69, 9.17) is 14.8 Å². The van der Waals surface area contributed by atoms with Gasteiger partial charge in [0, 0.05) is 5.69 Å². The second-order valence-corrected chi connectivity index (χ2v) is 4.30. The minimum Gasteiger partial charge on any atom is -0.478 e. The van der Waals surface area contributed by atoms with Gasteiger partial charge in [0.15, 0.2) is 0 Å². The molecule has 2 aromatic rings. The van der Waals surface area contributed by atoms with Crippen molar-refractivity contribution in [2.24, 2.45) is 0 Å². The lowest BCUT2D eigenvalue weighted by Crippen LogP contribution is -2.03. The second kappa shape index (κ2) is 5.45. The minimum absolute atomic E-state index is 0.138. The molecule has 102 valence electrons. The molecular weight excluding hydrogens is 258 g/mol. The van der Waals surface area contributed by atoms with Crippen molar-refractivity contribution in [2.45, 2.75) is 20.4 Å². The van der Waals surface area contributed by atoms with Crippen molar-refractivity contribution in [1.29, 1.82) is 5.26 Å². The number of carboxylic acid groups (broad SMARTS) is 1. The van der Waals surface area contributed by atoms with Crippen molar-refractivity contribution in [1.82, 2.24) is 4.98 Å². The molecule has 0 unspecified atom stereocenters. The standard InChI is InChI=1S/C14H13N3O3/c1-8-3-4-10(6-15)13(17-8)16-7-11-5-12(14(18)19)9(2)20-11/h3-5H,7H2,1-2H3,(H,16,17)(H,18,19). The Morgan fingerprint density at radius 3 is 2.85 bits per heavy atom. The van der Waals surface area contributed by atoms with Gasteiger partial charge in [-0.15, -0.1) is 0 Å². The average molecular weight is 271 g/mol. The Bertz CT molecular complexity index is 698. The Labute approximate surface area is 115 Å². The third kappa shape index (κ3) is 2.78. The molecule has 0 aliphatic heterocycles. The normalized spacial score (nSPS) is 10.1. The SMILES string of the molecule is Cc1ccc(C#N)c(NCc2cc(C(=O)O)c(C)o2)n1. The number of carbonyl (C=O) groups is 1. The number of rotatable bonds is 4. The highest BCUT2D eigenvalue weighted by Gasteiger charge is 2.14. The van der Waals surface area contributed by atoms with Gasteiger partial charge < -0.3 is 14.8 Å². The Morgan fingerprint density at radius 2 is 2.25 bits per heavy atom. The zero-order chi connectivity index (χ0) is 14.7. The third-order valence-corrected chi connectivity index (χ3v) is 2.78. The molecule has 2 rings (SSSR count). The maximum atomic E-state index is 10.9. The number of nitriles is 1. The first kappa shape index (κ1) is 13.6. The van der Waals surface area contributed by atoms with Gasteiger partial charge in [0.2, 0.25) is 0 Å². The molecule has 20 heavy (non-hydrogen) atoms. The molecule has 0 bridgehead atoms. The van der Waals surface area contributed by atoms with Crippen LogP contribution in [0.1, 0.15) is 33.1 Å². The summed E-state index contributed by atoms with van der Waals surface area (Å²) in [5.74, 6) is 0.265. The zero-order valence-electron chi connectivity index (χ0n) is 11.1. The maximum Gasteiger partial charge on any atom is 0.339 e. The molecule has 2 N–H and O–H groups in total. The summed E-state index contributed by atoms with van der Waals surface area (Å²) in [5.41, 5.74) is 1.35. The molecule has 6 heteroatoms. The zero-order valence-corrected chi connectivity index (χ0v) is 11.1. The van der Waals surface area contributed by atoms with Crippen LogP contribution in [0, 0.1) is 25.2 Å². The van der Waals surface area contributed by atoms with Crippen molar-refractivity contribution < 1.29 is 14.3 Å². The van der Waals surface area contributed by atoms with E-state index in [0.717, 1.165) is 5.69 Å². The second-order valence-electron chi connectivity index (χ2n) is 4.30. The highest BCUT2D eigenvalue weighted by atomic mass is 16.4. The van der Waals surface area contributed by atoms with E-state index in [1.807, 2.05) is 13.0 Å². The number of aromatic nitrogens is 1. The molecule has 0 aromatic carbocycles. The van der Waals surface area contributed by atoms with Crippen LogP contribution in [0.25, 0.3) is 0 Å². The predicted octanol–water partition coefficient (Wildman–Crippen LogP) is 2.47. The van der Waals surface area contributed by atoms with E-state index in [0.29, 0.717) is 22.9 Å². The smallest absolute Gasteiger partial charge is 0.339 e. The first-order valence-electron chi connectivity index (χ1n) is 5.95. The molecule has 0 saturated carbocycles. The number of carboxylic acids is 1. The quantitative estimate of drug-likeness (QED) is 0.886. The third-order valence-electron chi connectivity index (χ3n) is 2.78.